The minimum absolute atomic E-state index is 0.0450. The Morgan fingerprint density at radius 1 is 1.42 bits per heavy atom. The first-order valence-electron chi connectivity index (χ1n) is 8.38. The first kappa shape index (κ1) is 20.9. The van der Waals surface area contributed by atoms with E-state index in [2.05, 4.69) is 5.32 Å². The van der Waals surface area contributed by atoms with E-state index < -0.39 is 33.3 Å². The molecule has 2 rings (SSSR count). The Morgan fingerprint density at radius 3 is 2.73 bits per heavy atom. The van der Waals surface area contributed by atoms with Gasteiger partial charge in [-0.1, -0.05) is 17.7 Å². The second-order valence-electron chi connectivity index (χ2n) is 7.30. The summed E-state index contributed by atoms with van der Waals surface area (Å²) in [7, 11) is -3.77. The average molecular weight is 407 g/mol. The number of hydrogen-bond acceptors (Lipinski definition) is 4. The fraction of sp³-hybridized carbons (Fsp3) is 0.588. The van der Waals surface area contributed by atoms with E-state index in [9.17, 15) is 17.6 Å². The number of nitrogens with zero attached hydrogens (tertiary/aromatic N) is 1. The highest BCUT2D eigenvalue weighted by molar-refractivity contribution is 7.88. The van der Waals surface area contributed by atoms with Gasteiger partial charge in [0, 0.05) is 29.7 Å². The Morgan fingerprint density at radius 2 is 2.12 bits per heavy atom. The summed E-state index contributed by atoms with van der Waals surface area (Å²) in [6.45, 7) is 5.70. The zero-order valence-corrected chi connectivity index (χ0v) is 16.7. The van der Waals surface area contributed by atoms with Gasteiger partial charge in [-0.3, -0.25) is 0 Å². The monoisotopic (exact) mass is 406 g/mol. The number of hydrogen-bond donors (Lipinski definition) is 1. The van der Waals surface area contributed by atoms with Crippen molar-refractivity contribution >= 4 is 27.7 Å². The zero-order valence-electron chi connectivity index (χ0n) is 15.1. The van der Waals surface area contributed by atoms with Crippen LogP contribution in [0, 0.1) is 5.82 Å². The van der Waals surface area contributed by atoms with E-state index in [0.29, 0.717) is 19.4 Å². The van der Waals surface area contributed by atoms with E-state index in [1.54, 1.807) is 20.8 Å². The fourth-order valence-electron chi connectivity index (χ4n) is 2.73. The molecule has 0 spiro atoms. The predicted molar refractivity (Wildman–Crippen MR) is 98.0 cm³/mol. The van der Waals surface area contributed by atoms with Gasteiger partial charge >= 0.3 is 6.09 Å². The number of piperidine rings is 1. The molecule has 146 valence electrons. The molecule has 1 aliphatic rings. The van der Waals surface area contributed by atoms with Crippen molar-refractivity contribution in [3.63, 3.8) is 0 Å². The van der Waals surface area contributed by atoms with Crippen LogP contribution >= 0.6 is 11.6 Å². The van der Waals surface area contributed by atoms with Gasteiger partial charge in [-0.25, -0.2) is 17.6 Å². The second kappa shape index (κ2) is 8.10. The minimum Gasteiger partial charge on any atom is -0.444 e. The van der Waals surface area contributed by atoms with E-state index in [1.165, 1.54) is 22.5 Å². The topological polar surface area (TPSA) is 75.7 Å². The molecule has 0 unspecified atom stereocenters. The molecule has 1 saturated heterocycles. The number of ether oxygens (including phenoxy) is 1. The van der Waals surface area contributed by atoms with Crippen molar-refractivity contribution in [2.75, 3.05) is 13.1 Å². The summed E-state index contributed by atoms with van der Waals surface area (Å²) in [4.78, 5) is 11.9. The molecule has 1 aliphatic heterocycles. The van der Waals surface area contributed by atoms with Crippen LogP contribution in [-0.4, -0.2) is 43.5 Å². The largest absolute Gasteiger partial charge is 0.444 e. The van der Waals surface area contributed by atoms with Gasteiger partial charge in [-0.2, -0.15) is 4.31 Å². The van der Waals surface area contributed by atoms with Crippen LogP contribution in [0.5, 0.6) is 0 Å². The number of carbonyl (C=O) groups excluding carboxylic acids is 1. The lowest BCUT2D eigenvalue weighted by atomic mass is 10.1. The Kier molecular flexibility index (Phi) is 6.52. The molecule has 1 fully saturated rings. The lowest BCUT2D eigenvalue weighted by Gasteiger charge is -2.33. The van der Waals surface area contributed by atoms with E-state index in [1.807, 2.05) is 0 Å². The van der Waals surface area contributed by atoms with Crippen LogP contribution in [0.15, 0.2) is 18.2 Å². The van der Waals surface area contributed by atoms with Gasteiger partial charge in [0.05, 0.1) is 5.75 Å². The zero-order chi connectivity index (χ0) is 19.5. The maximum absolute atomic E-state index is 13.9. The molecule has 0 radical (unpaired) electrons. The third-order valence-electron chi connectivity index (χ3n) is 3.89. The van der Waals surface area contributed by atoms with Gasteiger partial charge in [0.15, 0.2) is 0 Å². The van der Waals surface area contributed by atoms with Crippen LogP contribution in [0.2, 0.25) is 5.02 Å². The summed E-state index contributed by atoms with van der Waals surface area (Å²) in [5.74, 6) is -1.17. The summed E-state index contributed by atoms with van der Waals surface area (Å²) < 4.78 is 45.7. The SMILES string of the molecule is CC(C)(C)OC(=O)N[C@H]1CCCN(S(=O)(=O)Cc2c(F)cccc2Cl)C1. The van der Waals surface area contributed by atoms with Gasteiger partial charge in [0.25, 0.3) is 0 Å². The maximum Gasteiger partial charge on any atom is 0.407 e. The molecular formula is C17H24ClFN2O4S. The van der Waals surface area contributed by atoms with Crippen molar-refractivity contribution in [3.05, 3.63) is 34.6 Å². The summed E-state index contributed by atoms with van der Waals surface area (Å²) in [6, 6.07) is 3.71. The van der Waals surface area contributed by atoms with E-state index in [4.69, 9.17) is 16.3 Å². The number of sulfonamides is 1. The number of carbonyl (C=O) groups is 1. The molecule has 26 heavy (non-hydrogen) atoms. The van der Waals surface area contributed by atoms with E-state index >= 15 is 0 Å². The van der Waals surface area contributed by atoms with Crippen molar-refractivity contribution in [2.24, 2.45) is 0 Å². The summed E-state index contributed by atoms with van der Waals surface area (Å²) in [5.41, 5.74) is -0.678. The van der Waals surface area contributed by atoms with Crippen molar-refractivity contribution in [3.8, 4) is 0 Å². The van der Waals surface area contributed by atoms with Gasteiger partial charge in [-0.05, 0) is 45.7 Å². The molecule has 0 aromatic heterocycles. The Balaban J connectivity index is 2.04. The summed E-state index contributed by atoms with van der Waals surface area (Å²) in [6.07, 6.45) is 0.648. The highest BCUT2D eigenvalue weighted by atomic mass is 35.5. The normalized spacial score (nSPS) is 19.2. The number of amides is 1. The Labute approximate surface area is 158 Å². The van der Waals surface area contributed by atoms with Crippen molar-refractivity contribution in [1.29, 1.82) is 0 Å². The minimum atomic E-state index is -3.77. The molecule has 0 aliphatic carbocycles. The number of rotatable bonds is 4. The van der Waals surface area contributed by atoms with E-state index in [-0.39, 0.29) is 23.2 Å². The van der Waals surface area contributed by atoms with Crippen LogP contribution < -0.4 is 5.32 Å². The van der Waals surface area contributed by atoms with Gasteiger partial charge in [0.1, 0.15) is 11.4 Å². The van der Waals surface area contributed by atoms with Crippen molar-refractivity contribution in [2.45, 2.75) is 51.0 Å². The quantitative estimate of drug-likeness (QED) is 0.832. The van der Waals surface area contributed by atoms with Crippen LogP contribution in [0.4, 0.5) is 9.18 Å². The number of benzene rings is 1. The van der Waals surface area contributed by atoms with Crippen LogP contribution in [0.3, 0.4) is 0 Å². The molecule has 0 saturated carbocycles. The Bertz CT molecular complexity index is 744. The maximum atomic E-state index is 13.9. The lowest BCUT2D eigenvalue weighted by Crippen LogP contribution is -2.50. The summed E-state index contributed by atoms with van der Waals surface area (Å²) in [5, 5.41) is 2.77. The van der Waals surface area contributed by atoms with Crippen LogP contribution in [0.25, 0.3) is 0 Å². The second-order valence-corrected chi connectivity index (χ2v) is 9.68. The molecule has 1 aromatic carbocycles. The predicted octanol–water partition coefficient (Wildman–Crippen LogP) is 3.30. The molecule has 1 heterocycles. The lowest BCUT2D eigenvalue weighted by molar-refractivity contribution is 0.0487. The molecule has 9 heteroatoms. The first-order valence-corrected chi connectivity index (χ1v) is 10.4. The fourth-order valence-corrected chi connectivity index (χ4v) is 4.70. The third-order valence-corrected chi connectivity index (χ3v) is 6.01. The van der Waals surface area contributed by atoms with Crippen LogP contribution in [-0.2, 0) is 20.5 Å². The number of nitrogens with one attached hydrogen (secondary N) is 1. The van der Waals surface area contributed by atoms with Gasteiger partial charge in [0.2, 0.25) is 10.0 Å². The molecule has 0 bridgehead atoms. The highest BCUT2D eigenvalue weighted by Crippen LogP contribution is 2.24. The number of halogens is 2. The molecule has 1 aromatic rings. The Hall–Kier alpha value is -1.38. The standard InChI is InChI=1S/C17H24ClFN2O4S/c1-17(2,3)25-16(22)20-12-6-5-9-21(10-12)26(23,24)11-13-14(18)7-4-8-15(13)19/h4,7-8,12H,5-6,9-11H2,1-3H3,(H,20,22)/t12-/m0/s1. The molecule has 1 N–H and O–H groups in total. The molecule has 1 amide bonds. The first-order chi connectivity index (χ1) is 12.0. The van der Waals surface area contributed by atoms with Gasteiger partial charge < -0.3 is 10.1 Å². The summed E-state index contributed by atoms with van der Waals surface area (Å²) >= 11 is 5.94. The molecule has 6 nitrogen and oxygen atoms in total. The van der Waals surface area contributed by atoms with Crippen molar-refractivity contribution in [1.82, 2.24) is 9.62 Å². The number of alkyl carbamates (subject to hydrolysis) is 1. The third kappa shape index (κ3) is 5.82. The smallest absolute Gasteiger partial charge is 0.407 e. The van der Waals surface area contributed by atoms with Crippen LogP contribution in [0.1, 0.15) is 39.2 Å². The molecule has 1 atom stereocenters. The highest BCUT2D eigenvalue weighted by Gasteiger charge is 2.31. The van der Waals surface area contributed by atoms with E-state index in [0.717, 1.165) is 0 Å². The average Bonchev–Trinajstić information content (AvgIpc) is 2.49. The van der Waals surface area contributed by atoms with Gasteiger partial charge in [-0.15, -0.1) is 0 Å². The van der Waals surface area contributed by atoms with Crippen molar-refractivity contribution < 1.29 is 22.3 Å². The molecular weight excluding hydrogens is 383 g/mol.